The first-order chi connectivity index (χ1) is 9.33. The van der Waals surface area contributed by atoms with Crippen LogP contribution >= 0.6 is 0 Å². The molecule has 0 unspecified atom stereocenters. The van der Waals surface area contributed by atoms with Gasteiger partial charge in [0.25, 0.3) is 0 Å². The van der Waals surface area contributed by atoms with Gasteiger partial charge >= 0.3 is 0 Å². The third-order valence-electron chi connectivity index (χ3n) is 4.40. The van der Waals surface area contributed by atoms with Crippen LogP contribution in [0.4, 0.5) is 0 Å². The Bertz CT molecular complexity index is 455. The average Bonchev–Trinajstić information content (AvgIpc) is 2.95. The standard InChI is InChI=1S/C17H23NO/c1-13-11-16(13)15-8-9-17(18-12-15)19-10-4-7-14-5-2-3-6-14/h8-9,12,14H,2-7,10-11H2,1H3. The van der Waals surface area contributed by atoms with Crippen molar-refractivity contribution in [3.8, 4) is 5.88 Å². The third-order valence-corrected chi connectivity index (χ3v) is 4.40. The summed E-state index contributed by atoms with van der Waals surface area (Å²) in [5, 5.41) is 0. The Morgan fingerprint density at radius 2 is 2.05 bits per heavy atom. The Morgan fingerprint density at radius 3 is 2.68 bits per heavy atom. The molecule has 3 rings (SSSR count). The van der Waals surface area contributed by atoms with Crippen molar-refractivity contribution < 1.29 is 4.74 Å². The minimum Gasteiger partial charge on any atom is -0.478 e. The molecule has 1 fully saturated rings. The van der Waals surface area contributed by atoms with E-state index in [1.54, 1.807) is 0 Å². The highest BCUT2D eigenvalue weighted by atomic mass is 16.5. The van der Waals surface area contributed by atoms with E-state index in [1.165, 1.54) is 55.2 Å². The molecule has 0 aliphatic heterocycles. The van der Waals surface area contributed by atoms with Crippen molar-refractivity contribution in [2.24, 2.45) is 5.92 Å². The van der Waals surface area contributed by atoms with Gasteiger partial charge in [-0.05, 0) is 49.3 Å². The van der Waals surface area contributed by atoms with Crippen molar-refractivity contribution in [2.45, 2.75) is 51.9 Å². The largest absolute Gasteiger partial charge is 0.478 e. The van der Waals surface area contributed by atoms with Gasteiger partial charge in [0.15, 0.2) is 0 Å². The van der Waals surface area contributed by atoms with E-state index in [0.29, 0.717) is 0 Å². The lowest BCUT2D eigenvalue weighted by Gasteiger charge is -2.09. The monoisotopic (exact) mass is 257 g/mol. The molecule has 1 aromatic heterocycles. The van der Waals surface area contributed by atoms with E-state index >= 15 is 0 Å². The van der Waals surface area contributed by atoms with Gasteiger partial charge in [0.1, 0.15) is 0 Å². The number of nitrogens with zero attached hydrogens (tertiary/aromatic N) is 1. The summed E-state index contributed by atoms with van der Waals surface area (Å²) >= 11 is 0. The summed E-state index contributed by atoms with van der Waals surface area (Å²) in [4.78, 5) is 4.39. The molecule has 0 N–H and O–H groups in total. The van der Waals surface area contributed by atoms with Crippen LogP contribution in [-0.2, 0) is 0 Å². The molecular weight excluding hydrogens is 234 g/mol. The minimum absolute atomic E-state index is 0.772. The van der Waals surface area contributed by atoms with Crippen molar-refractivity contribution in [1.82, 2.24) is 4.98 Å². The molecule has 1 saturated carbocycles. The second-order valence-electron chi connectivity index (χ2n) is 5.96. The Balaban J connectivity index is 1.40. The number of hydrogen-bond donors (Lipinski definition) is 0. The van der Waals surface area contributed by atoms with Crippen LogP contribution < -0.4 is 4.74 Å². The fourth-order valence-electron chi connectivity index (χ4n) is 3.06. The molecule has 19 heavy (non-hydrogen) atoms. The molecule has 2 aliphatic carbocycles. The highest BCUT2D eigenvalue weighted by Crippen LogP contribution is 2.39. The summed E-state index contributed by atoms with van der Waals surface area (Å²) in [6.45, 7) is 2.99. The van der Waals surface area contributed by atoms with E-state index in [9.17, 15) is 0 Å². The van der Waals surface area contributed by atoms with Gasteiger partial charge in [-0.1, -0.05) is 31.3 Å². The molecule has 0 saturated heterocycles. The molecule has 0 aromatic carbocycles. The predicted octanol–water partition coefficient (Wildman–Crippen LogP) is 4.61. The second kappa shape index (κ2) is 5.77. The fourth-order valence-corrected chi connectivity index (χ4v) is 3.06. The predicted molar refractivity (Wildman–Crippen MR) is 78.1 cm³/mol. The zero-order valence-corrected chi connectivity index (χ0v) is 11.8. The maximum atomic E-state index is 5.72. The summed E-state index contributed by atoms with van der Waals surface area (Å²) in [6, 6.07) is 4.13. The summed E-state index contributed by atoms with van der Waals surface area (Å²) < 4.78 is 5.72. The molecule has 0 amide bonds. The lowest BCUT2D eigenvalue weighted by molar-refractivity contribution is 0.282. The Kier molecular flexibility index (Phi) is 3.86. The summed E-state index contributed by atoms with van der Waals surface area (Å²) in [7, 11) is 0. The van der Waals surface area contributed by atoms with E-state index < -0.39 is 0 Å². The lowest BCUT2D eigenvalue weighted by atomic mass is 10.0. The first kappa shape index (κ1) is 12.7. The molecule has 102 valence electrons. The quantitative estimate of drug-likeness (QED) is 0.694. The molecule has 2 aliphatic rings. The van der Waals surface area contributed by atoms with E-state index in [4.69, 9.17) is 4.74 Å². The zero-order valence-electron chi connectivity index (χ0n) is 11.8. The number of pyridine rings is 1. The number of allylic oxidation sites excluding steroid dienone is 2. The van der Waals surface area contributed by atoms with Crippen LogP contribution in [0.1, 0.15) is 57.4 Å². The molecule has 0 bridgehead atoms. The SMILES string of the molecule is CC1=C(c2ccc(OCCCC3CCCC3)nc2)C1. The van der Waals surface area contributed by atoms with Crippen LogP contribution in [0.3, 0.4) is 0 Å². The zero-order chi connectivity index (χ0) is 13.1. The van der Waals surface area contributed by atoms with E-state index in [0.717, 1.165) is 24.8 Å². The maximum Gasteiger partial charge on any atom is 0.213 e. The van der Waals surface area contributed by atoms with Crippen molar-refractivity contribution in [2.75, 3.05) is 6.61 Å². The molecule has 1 aromatic rings. The number of hydrogen-bond acceptors (Lipinski definition) is 2. The highest BCUT2D eigenvalue weighted by molar-refractivity contribution is 5.81. The lowest BCUT2D eigenvalue weighted by Crippen LogP contribution is -2.02. The van der Waals surface area contributed by atoms with Gasteiger partial charge in [0.2, 0.25) is 5.88 Å². The van der Waals surface area contributed by atoms with Gasteiger partial charge in [-0.3, -0.25) is 0 Å². The molecule has 0 atom stereocenters. The van der Waals surface area contributed by atoms with Gasteiger partial charge < -0.3 is 4.74 Å². The van der Waals surface area contributed by atoms with E-state index in [1.807, 2.05) is 12.3 Å². The van der Waals surface area contributed by atoms with Crippen LogP contribution in [0.15, 0.2) is 23.9 Å². The van der Waals surface area contributed by atoms with Crippen molar-refractivity contribution in [1.29, 1.82) is 0 Å². The molecule has 0 spiro atoms. The Labute approximate surface area is 115 Å². The Hall–Kier alpha value is -1.31. The smallest absolute Gasteiger partial charge is 0.213 e. The maximum absolute atomic E-state index is 5.72. The summed E-state index contributed by atoms with van der Waals surface area (Å²) in [6.07, 6.45) is 11.3. The van der Waals surface area contributed by atoms with Crippen LogP contribution in [-0.4, -0.2) is 11.6 Å². The molecule has 2 nitrogen and oxygen atoms in total. The van der Waals surface area contributed by atoms with Crippen LogP contribution in [0, 0.1) is 5.92 Å². The number of rotatable bonds is 6. The third kappa shape index (κ3) is 3.37. The molecule has 2 heteroatoms. The Morgan fingerprint density at radius 1 is 1.26 bits per heavy atom. The molecule has 1 heterocycles. The van der Waals surface area contributed by atoms with E-state index in [2.05, 4.69) is 18.0 Å². The first-order valence-corrected chi connectivity index (χ1v) is 7.61. The average molecular weight is 257 g/mol. The van der Waals surface area contributed by atoms with Crippen molar-refractivity contribution in [3.63, 3.8) is 0 Å². The normalized spacial score (nSPS) is 19.0. The fraction of sp³-hybridized carbons (Fsp3) is 0.588. The topological polar surface area (TPSA) is 22.1 Å². The highest BCUT2D eigenvalue weighted by Gasteiger charge is 2.18. The summed E-state index contributed by atoms with van der Waals surface area (Å²) in [5.41, 5.74) is 4.21. The van der Waals surface area contributed by atoms with Gasteiger partial charge in [-0.15, -0.1) is 0 Å². The van der Waals surface area contributed by atoms with Crippen LogP contribution in [0.5, 0.6) is 5.88 Å². The van der Waals surface area contributed by atoms with Crippen molar-refractivity contribution in [3.05, 3.63) is 29.5 Å². The number of ether oxygens (including phenoxy) is 1. The van der Waals surface area contributed by atoms with Gasteiger partial charge in [-0.2, -0.15) is 0 Å². The van der Waals surface area contributed by atoms with Gasteiger partial charge in [0, 0.05) is 12.3 Å². The van der Waals surface area contributed by atoms with Crippen LogP contribution in [0.25, 0.3) is 5.57 Å². The number of aromatic nitrogens is 1. The first-order valence-electron chi connectivity index (χ1n) is 7.61. The van der Waals surface area contributed by atoms with Crippen molar-refractivity contribution >= 4 is 5.57 Å². The van der Waals surface area contributed by atoms with Crippen LogP contribution in [0.2, 0.25) is 0 Å². The summed E-state index contributed by atoms with van der Waals surface area (Å²) in [5.74, 6) is 1.73. The minimum atomic E-state index is 0.772. The molecule has 0 radical (unpaired) electrons. The van der Waals surface area contributed by atoms with Gasteiger partial charge in [-0.25, -0.2) is 4.98 Å². The van der Waals surface area contributed by atoms with E-state index in [-0.39, 0.29) is 0 Å². The molecular formula is C17H23NO. The van der Waals surface area contributed by atoms with Gasteiger partial charge in [0.05, 0.1) is 6.61 Å². The second-order valence-corrected chi connectivity index (χ2v) is 5.96.